The highest BCUT2D eigenvalue weighted by Gasteiger charge is 2.23. The fraction of sp³-hybridized carbons (Fsp3) is 0.333. The van der Waals surface area contributed by atoms with E-state index in [4.69, 9.17) is 4.74 Å². The minimum atomic E-state index is -3.62. The number of sulfonamides is 1. The second-order valence-electron chi connectivity index (χ2n) is 4.39. The first-order valence-corrected chi connectivity index (χ1v) is 8.25. The van der Waals surface area contributed by atoms with E-state index in [2.05, 4.69) is 31.1 Å². The van der Waals surface area contributed by atoms with Crippen LogP contribution in [0.2, 0.25) is 0 Å². The molecule has 0 amide bonds. The fourth-order valence-corrected chi connectivity index (χ4v) is 3.58. The van der Waals surface area contributed by atoms with Crippen molar-refractivity contribution in [3.63, 3.8) is 0 Å². The van der Waals surface area contributed by atoms with Crippen LogP contribution in [0.1, 0.15) is 11.6 Å². The standard InChI is InChI=1S/C12H15BrN4O3S/c1-8-14-12(16-15-8)7-17(2)21(18,19)9-4-5-11(20-3)10(13)6-9/h4-6H,7H2,1-3H3,(H,14,15,16). The number of ether oxygens (including phenoxy) is 1. The normalized spacial score (nSPS) is 11.9. The van der Waals surface area contributed by atoms with Crippen molar-refractivity contribution >= 4 is 26.0 Å². The molecule has 1 N–H and O–H groups in total. The molecule has 0 aliphatic heterocycles. The van der Waals surface area contributed by atoms with Crippen molar-refractivity contribution < 1.29 is 13.2 Å². The van der Waals surface area contributed by atoms with Crippen LogP contribution in [-0.2, 0) is 16.6 Å². The molecule has 9 heteroatoms. The molecule has 21 heavy (non-hydrogen) atoms. The van der Waals surface area contributed by atoms with Gasteiger partial charge in [-0.25, -0.2) is 13.4 Å². The highest BCUT2D eigenvalue weighted by Crippen LogP contribution is 2.28. The van der Waals surface area contributed by atoms with E-state index in [-0.39, 0.29) is 11.4 Å². The quantitative estimate of drug-likeness (QED) is 0.860. The monoisotopic (exact) mass is 374 g/mol. The van der Waals surface area contributed by atoms with E-state index < -0.39 is 10.0 Å². The molecule has 0 saturated heterocycles. The molecule has 1 heterocycles. The van der Waals surface area contributed by atoms with Crippen LogP contribution in [0, 0.1) is 6.92 Å². The van der Waals surface area contributed by atoms with Gasteiger partial charge >= 0.3 is 0 Å². The Kier molecular flexibility index (Phi) is 4.64. The average Bonchev–Trinajstić information content (AvgIpc) is 2.83. The lowest BCUT2D eigenvalue weighted by atomic mass is 10.3. The number of methoxy groups -OCH3 is 1. The summed E-state index contributed by atoms with van der Waals surface area (Å²) in [6.45, 7) is 1.85. The van der Waals surface area contributed by atoms with Crippen LogP contribution in [0.4, 0.5) is 0 Å². The molecule has 0 aliphatic rings. The lowest BCUT2D eigenvalue weighted by Gasteiger charge is -2.16. The first-order chi connectivity index (χ1) is 9.84. The van der Waals surface area contributed by atoms with E-state index in [1.165, 1.54) is 30.6 Å². The summed E-state index contributed by atoms with van der Waals surface area (Å²) in [6.07, 6.45) is 0. The third kappa shape index (κ3) is 3.42. The number of nitrogens with one attached hydrogen (secondary N) is 1. The van der Waals surface area contributed by atoms with Gasteiger partial charge in [-0.3, -0.25) is 5.10 Å². The first-order valence-electron chi connectivity index (χ1n) is 6.02. The van der Waals surface area contributed by atoms with Gasteiger partial charge in [-0.1, -0.05) is 0 Å². The van der Waals surface area contributed by atoms with Crippen molar-refractivity contribution in [3.05, 3.63) is 34.3 Å². The lowest BCUT2D eigenvalue weighted by Crippen LogP contribution is -2.27. The van der Waals surface area contributed by atoms with Crippen molar-refractivity contribution in [3.8, 4) is 5.75 Å². The number of aromatic nitrogens is 3. The maximum atomic E-state index is 12.5. The molecule has 0 radical (unpaired) electrons. The van der Waals surface area contributed by atoms with Gasteiger partial charge in [0.05, 0.1) is 23.0 Å². The molecule has 0 unspecified atom stereocenters. The molecule has 0 atom stereocenters. The summed E-state index contributed by atoms with van der Waals surface area (Å²) in [5, 5.41) is 6.62. The predicted octanol–water partition coefficient (Wildman–Crippen LogP) is 1.70. The Morgan fingerprint density at radius 3 is 2.67 bits per heavy atom. The number of benzene rings is 1. The SMILES string of the molecule is COc1ccc(S(=O)(=O)N(C)Cc2n[nH]c(C)n2)cc1Br. The summed E-state index contributed by atoms with van der Waals surface area (Å²) >= 11 is 3.28. The Labute approximate surface area is 131 Å². The van der Waals surface area contributed by atoms with Gasteiger partial charge in [0.1, 0.15) is 11.6 Å². The fourth-order valence-electron chi connectivity index (χ4n) is 1.73. The number of aromatic amines is 1. The third-order valence-corrected chi connectivity index (χ3v) is 5.26. The largest absolute Gasteiger partial charge is 0.496 e. The molecular formula is C12H15BrN4O3S. The van der Waals surface area contributed by atoms with Crippen LogP contribution >= 0.6 is 15.9 Å². The summed E-state index contributed by atoms with van der Waals surface area (Å²) in [6, 6.07) is 4.61. The number of nitrogens with zero attached hydrogens (tertiary/aromatic N) is 3. The van der Waals surface area contributed by atoms with Gasteiger partial charge in [-0.2, -0.15) is 9.40 Å². The molecule has 0 fully saturated rings. The van der Waals surface area contributed by atoms with Crippen molar-refractivity contribution in [1.29, 1.82) is 0 Å². The Morgan fingerprint density at radius 2 is 2.14 bits per heavy atom. The average molecular weight is 375 g/mol. The number of halogens is 1. The van der Waals surface area contributed by atoms with Gasteiger partial charge in [0.2, 0.25) is 10.0 Å². The second-order valence-corrected chi connectivity index (χ2v) is 7.29. The van der Waals surface area contributed by atoms with E-state index in [1.54, 1.807) is 13.0 Å². The molecule has 0 saturated carbocycles. The lowest BCUT2D eigenvalue weighted by molar-refractivity contribution is 0.411. The van der Waals surface area contributed by atoms with Crippen LogP contribution in [0.25, 0.3) is 0 Å². The maximum Gasteiger partial charge on any atom is 0.243 e. The zero-order chi connectivity index (χ0) is 15.6. The zero-order valence-electron chi connectivity index (χ0n) is 11.8. The van der Waals surface area contributed by atoms with Gasteiger partial charge in [-0.05, 0) is 41.1 Å². The van der Waals surface area contributed by atoms with Crippen molar-refractivity contribution in [2.24, 2.45) is 0 Å². The Balaban J connectivity index is 2.26. The Bertz CT molecular complexity index is 745. The number of rotatable bonds is 5. The van der Waals surface area contributed by atoms with Gasteiger partial charge < -0.3 is 4.74 Å². The maximum absolute atomic E-state index is 12.5. The Hall–Kier alpha value is -1.45. The van der Waals surface area contributed by atoms with Crippen LogP contribution in [0.3, 0.4) is 0 Å². The van der Waals surface area contributed by atoms with Crippen LogP contribution in [-0.4, -0.2) is 42.1 Å². The van der Waals surface area contributed by atoms with Gasteiger partial charge in [0, 0.05) is 7.05 Å². The highest BCUT2D eigenvalue weighted by molar-refractivity contribution is 9.10. The van der Waals surface area contributed by atoms with Crippen LogP contribution in [0.15, 0.2) is 27.6 Å². The van der Waals surface area contributed by atoms with E-state index in [0.717, 1.165) is 0 Å². The molecule has 0 bridgehead atoms. The minimum Gasteiger partial charge on any atom is -0.496 e. The molecule has 2 aromatic rings. The second kappa shape index (κ2) is 6.12. The van der Waals surface area contributed by atoms with Gasteiger partial charge in [0.25, 0.3) is 0 Å². The van der Waals surface area contributed by atoms with Gasteiger partial charge in [0.15, 0.2) is 5.82 Å². The number of H-pyrrole nitrogens is 1. The molecule has 0 aliphatic carbocycles. The third-order valence-electron chi connectivity index (χ3n) is 2.84. The highest BCUT2D eigenvalue weighted by atomic mass is 79.9. The summed E-state index contributed by atoms with van der Waals surface area (Å²) in [4.78, 5) is 4.27. The number of hydrogen-bond donors (Lipinski definition) is 1. The summed E-state index contributed by atoms with van der Waals surface area (Å²) in [5.41, 5.74) is 0. The summed E-state index contributed by atoms with van der Waals surface area (Å²) < 4.78 is 31.9. The molecule has 2 rings (SSSR count). The van der Waals surface area contributed by atoms with Crippen LogP contribution in [0.5, 0.6) is 5.75 Å². The molecule has 114 valence electrons. The molecule has 0 spiro atoms. The van der Waals surface area contributed by atoms with Crippen molar-refractivity contribution in [1.82, 2.24) is 19.5 Å². The van der Waals surface area contributed by atoms with E-state index in [0.29, 0.717) is 21.9 Å². The molecule has 7 nitrogen and oxygen atoms in total. The molecule has 1 aromatic heterocycles. The molecule has 1 aromatic carbocycles. The van der Waals surface area contributed by atoms with Gasteiger partial charge in [-0.15, -0.1) is 0 Å². The smallest absolute Gasteiger partial charge is 0.243 e. The van der Waals surface area contributed by atoms with Crippen molar-refractivity contribution in [2.75, 3.05) is 14.2 Å². The number of aryl methyl sites for hydroxylation is 1. The zero-order valence-corrected chi connectivity index (χ0v) is 14.2. The van der Waals surface area contributed by atoms with E-state index >= 15 is 0 Å². The summed E-state index contributed by atoms with van der Waals surface area (Å²) in [5.74, 6) is 1.63. The predicted molar refractivity (Wildman–Crippen MR) is 80.5 cm³/mol. The van der Waals surface area contributed by atoms with Crippen molar-refractivity contribution in [2.45, 2.75) is 18.4 Å². The number of hydrogen-bond acceptors (Lipinski definition) is 5. The summed E-state index contributed by atoms with van der Waals surface area (Å²) in [7, 11) is -0.616. The van der Waals surface area contributed by atoms with E-state index in [9.17, 15) is 8.42 Å². The first kappa shape index (κ1) is 15.9. The van der Waals surface area contributed by atoms with Crippen LogP contribution < -0.4 is 4.74 Å². The minimum absolute atomic E-state index is 0.0936. The van der Waals surface area contributed by atoms with E-state index in [1.807, 2.05) is 0 Å². The molecular weight excluding hydrogens is 360 g/mol. The topological polar surface area (TPSA) is 88.2 Å². The Morgan fingerprint density at radius 1 is 1.43 bits per heavy atom.